The molecule has 0 amide bonds. The predicted octanol–water partition coefficient (Wildman–Crippen LogP) is 6.13. The van der Waals surface area contributed by atoms with Crippen LogP contribution in [-0.4, -0.2) is 54.7 Å². The molecule has 0 radical (unpaired) electrons. The summed E-state index contributed by atoms with van der Waals surface area (Å²) in [5, 5.41) is 0. The lowest BCUT2D eigenvalue weighted by Gasteiger charge is -2.34. The summed E-state index contributed by atoms with van der Waals surface area (Å²) in [5.74, 6) is 0.178. The van der Waals surface area contributed by atoms with Gasteiger partial charge in [0.2, 0.25) is 0 Å². The van der Waals surface area contributed by atoms with Crippen molar-refractivity contribution in [2.24, 2.45) is 0 Å². The highest BCUT2D eigenvalue weighted by Crippen LogP contribution is 2.38. The van der Waals surface area contributed by atoms with Gasteiger partial charge in [-0.1, -0.05) is 90.3 Å². The molecular formula is C37H38N2O9S4. The lowest BCUT2D eigenvalue weighted by atomic mass is 10.1. The molecule has 0 spiro atoms. The second-order valence-electron chi connectivity index (χ2n) is 12.2. The van der Waals surface area contributed by atoms with Crippen molar-refractivity contribution in [2.75, 3.05) is 13.7 Å². The van der Waals surface area contributed by atoms with Crippen LogP contribution < -0.4 is 4.74 Å². The zero-order valence-corrected chi connectivity index (χ0v) is 32.3. The van der Waals surface area contributed by atoms with Gasteiger partial charge in [0.1, 0.15) is 5.75 Å². The Kier molecular flexibility index (Phi) is 11.2. The van der Waals surface area contributed by atoms with Crippen LogP contribution >= 0.6 is 0 Å². The third kappa shape index (κ3) is 7.84. The van der Waals surface area contributed by atoms with Gasteiger partial charge in [0.25, 0.3) is 40.1 Å². The number of sulfonamides is 4. The highest BCUT2D eigenvalue weighted by atomic mass is 32.3. The predicted molar refractivity (Wildman–Crippen MR) is 198 cm³/mol. The van der Waals surface area contributed by atoms with E-state index in [9.17, 15) is 33.7 Å². The van der Waals surface area contributed by atoms with E-state index in [0.29, 0.717) is 22.3 Å². The fraction of sp³-hybridized carbons (Fsp3) is 0.189. The van der Waals surface area contributed by atoms with Crippen LogP contribution in [0, 0.1) is 27.7 Å². The Balaban J connectivity index is 1.87. The minimum atomic E-state index is -5.09. The van der Waals surface area contributed by atoms with Crippen molar-refractivity contribution in [1.82, 2.24) is 7.42 Å². The van der Waals surface area contributed by atoms with Gasteiger partial charge in [-0.15, -0.1) is 0 Å². The Morgan fingerprint density at radius 1 is 0.481 bits per heavy atom. The van der Waals surface area contributed by atoms with Crippen molar-refractivity contribution in [3.05, 3.63) is 149 Å². The fourth-order valence-corrected chi connectivity index (χ4v) is 13.0. The highest BCUT2D eigenvalue weighted by molar-refractivity contribution is 8.04. The smallest absolute Gasteiger partial charge is 0.256 e. The molecule has 0 aromatic heterocycles. The number of ether oxygens (including phenoxy) is 1. The molecule has 0 saturated heterocycles. The molecule has 5 rings (SSSR count). The first-order valence-corrected chi connectivity index (χ1v) is 21.6. The first kappa shape index (κ1) is 38.8. The van der Waals surface area contributed by atoms with E-state index in [1.807, 2.05) is 0 Å². The van der Waals surface area contributed by atoms with Gasteiger partial charge in [-0.2, -0.15) is 0 Å². The van der Waals surface area contributed by atoms with Crippen molar-refractivity contribution < 1.29 is 38.4 Å². The molecule has 5 aromatic carbocycles. The molecule has 15 heteroatoms. The van der Waals surface area contributed by atoms with E-state index in [4.69, 9.17) is 4.74 Å². The summed E-state index contributed by atoms with van der Waals surface area (Å²) >= 11 is 0. The quantitative estimate of drug-likeness (QED) is 0.137. The van der Waals surface area contributed by atoms with Crippen LogP contribution in [0.15, 0.2) is 141 Å². The average molecular weight is 783 g/mol. The topological polar surface area (TPSA) is 152 Å². The van der Waals surface area contributed by atoms with Crippen LogP contribution in [0.5, 0.6) is 5.75 Å². The van der Waals surface area contributed by atoms with E-state index in [2.05, 4.69) is 0 Å². The van der Waals surface area contributed by atoms with Crippen LogP contribution in [0.2, 0.25) is 0 Å². The summed E-state index contributed by atoms with van der Waals surface area (Å²) in [5.41, 5.74) is 2.71. The molecule has 0 saturated carbocycles. The number of nitrogens with zero attached hydrogens (tertiary/aromatic N) is 2. The third-order valence-corrected chi connectivity index (χ3v) is 17.0. The Bertz CT molecular complexity index is 2350. The zero-order valence-electron chi connectivity index (χ0n) is 29.0. The van der Waals surface area contributed by atoms with Gasteiger partial charge in [0.15, 0.2) is 0 Å². The van der Waals surface area contributed by atoms with E-state index in [1.165, 1.54) is 128 Å². The highest BCUT2D eigenvalue weighted by Gasteiger charge is 2.47. The number of rotatable bonds is 13. The molecule has 0 N–H and O–H groups in total. The molecule has 274 valence electrons. The molecule has 0 aliphatic heterocycles. The normalized spacial score (nSPS) is 13.3. The molecular weight excluding hydrogens is 745 g/mol. The summed E-state index contributed by atoms with van der Waals surface area (Å²) in [4.78, 5) is -1.66. The lowest BCUT2D eigenvalue weighted by molar-refractivity contribution is 0.379. The minimum Gasteiger partial charge on any atom is -0.497 e. The first-order chi connectivity index (χ1) is 24.4. The van der Waals surface area contributed by atoms with Crippen LogP contribution in [0.4, 0.5) is 0 Å². The summed E-state index contributed by atoms with van der Waals surface area (Å²) in [6.07, 6.45) is 0. The third-order valence-electron chi connectivity index (χ3n) is 8.34. The van der Waals surface area contributed by atoms with Crippen LogP contribution in [0.25, 0.3) is 0 Å². The monoisotopic (exact) mass is 782 g/mol. The number of hydrogen-bond donors (Lipinski definition) is 0. The van der Waals surface area contributed by atoms with Crippen molar-refractivity contribution in [1.29, 1.82) is 0 Å². The Hall–Kier alpha value is -4.38. The van der Waals surface area contributed by atoms with E-state index in [1.54, 1.807) is 27.7 Å². The summed E-state index contributed by atoms with van der Waals surface area (Å²) in [6, 6.07) is 25.4. The summed E-state index contributed by atoms with van der Waals surface area (Å²) in [6.45, 7) is 5.70. The van der Waals surface area contributed by atoms with Gasteiger partial charge in [0.05, 0.1) is 39.3 Å². The van der Waals surface area contributed by atoms with Crippen molar-refractivity contribution in [3.8, 4) is 5.75 Å². The van der Waals surface area contributed by atoms with Gasteiger partial charge in [0, 0.05) is 0 Å². The average Bonchev–Trinajstić information content (AvgIpc) is 3.10. The molecule has 5 aromatic rings. The maximum absolute atomic E-state index is 14.8. The maximum atomic E-state index is 14.8. The van der Waals surface area contributed by atoms with E-state index >= 15 is 0 Å². The van der Waals surface area contributed by atoms with E-state index < -0.39 is 72.3 Å². The van der Waals surface area contributed by atoms with Crippen molar-refractivity contribution in [3.63, 3.8) is 0 Å². The van der Waals surface area contributed by atoms with Crippen LogP contribution in [-0.2, 0) is 40.1 Å². The molecule has 52 heavy (non-hydrogen) atoms. The molecule has 0 aliphatic rings. The largest absolute Gasteiger partial charge is 0.497 e. The van der Waals surface area contributed by atoms with Gasteiger partial charge in [-0.25, -0.2) is 33.7 Å². The number of methoxy groups -OCH3 is 1. The Morgan fingerprint density at radius 2 is 0.808 bits per heavy atom. The van der Waals surface area contributed by atoms with Crippen LogP contribution in [0.3, 0.4) is 0 Å². The number of hydrogen-bond acceptors (Lipinski definition) is 9. The SMILES string of the molecule is COc1cccc(C(CN(S(=O)(=O)c2ccc(C)cc2)S(=O)(=O)c2ccc(C)cc2)N(S(=O)(=O)c2ccc(C)cc2)S(=O)(=O)c2ccc(C)cc2)c1. The van der Waals surface area contributed by atoms with Crippen molar-refractivity contribution >= 4 is 40.1 Å². The van der Waals surface area contributed by atoms with Crippen LogP contribution in [0.1, 0.15) is 33.9 Å². The number of aryl methyl sites for hydroxylation is 4. The van der Waals surface area contributed by atoms with Gasteiger partial charge in [-0.05, 0) is 93.9 Å². The second-order valence-corrected chi connectivity index (χ2v) is 20.1. The Morgan fingerprint density at radius 3 is 1.13 bits per heavy atom. The summed E-state index contributed by atoms with van der Waals surface area (Å²) < 4.78 is 123. The van der Waals surface area contributed by atoms with E-state index in [0.717, 1.165) is 0 Å². The standard InChI is InChI=1S/C37H38N2O9S4/c1-27-9-17-33(18-10-27)49(40,41)38(50(42,43)34-19-11-28(2)12-20-34)26-37(31-7-6-8-32(25-31)48-5)39(51(44,45)35-21-13-29(3)14-22-35)52(46,47)36-23-15-30(4)16-24-36/h6-25,37H,26H2,1-5H3. The fourth-order valence-electron chi connectivity index (χ4n) is 5.36. The maximum Gasteiger partial charge on any atom is 0.256 e. The van der Waals surface area contributed by atoms with Gasteiger partial charge in [-0.3, -0.25) is 0 Å². The first-order valence-electron chi connectivity index (χ1n) is 15.9. The molecule has 11 nitrogen and oxygen atoms in total. The van der Waals surface area contributed by atoms with Crippen molar-refractivity contribution in [2.45, 2.75) is 53.3 Å². The lowest BCUT2D eigenvalue weighted by Crippen LogP contribution is -2.47. The Labute approximate surface area is 306 Å². The molecule has 0 fully saturated rings. The molecule has 0 bridgehead atoms. The zero-order chi connectivity index (χ0) is 38.1. The summed E-state index contributed by atoms with van der Waals surface area (Å²) in [7, 11) is -18.9. The van der Waals surface area contributed by atoms with Gasteiger partial charge >= 0.3 is 0 Å². The van der Waals surface area contributed by atoms with E-state index in [-0.39, 0.29) is 18.7 Å². The van der Waals surface area contributed by atoms with Gasteiger partial charge < -0.3 is 4.74 Å². The molecule has 1 atom stereocenters. The minimum absolute atomic E-state index is 0.0612. The molecule has 1 unspecified atom stereocenters. The second kappa shape index (κ2) is 14.9. The molecule has 0 aliphatic carbocycles. The number of benzene rings is 5. The molecule has 0 heterocycles.